The molecule has 5 nitrogen and oxygen atoms in total. The first kappa shape index (κ1) is 15.3. The highest BCUT2D eigenvalue weighted by Crippen LogP contribution is 2.19. The molecule has 112 valence electrons. The van der Waals surface area contributed by atoms with Gasteiger partial charge in [-0.15, -0.1) is 0 Å². The zero-order valence-corrected chi connectivity index (χ0v) is 11.9. The first-order chi connectivity index (χ1) is 10.0. The second-order valence-electron chi connectivity index (χ2n) is 4.22. The maximum absolute atomic E-state index is 13.1. The second kappa shape index (κ2) is 6.55. The molecule has 0 aliphatic rings. The van der Waals surface area contributed by atoms with E-state index in [1.165, 1.54) is 18.2 Å². The van der Waals surface area contributed by atoms with Crippen molar-refractivity contribution in [3.05, 3.63) is 54.3 Å². The number of nitrogens with two attached hydrogens (primary N) is 1. The number of halogens is 1. The van der Waals surface area contributed by atoms with Crippen LogP contribution in [0.5, 0.6) is 5.75 Å². The SMILES string of the molecule is NCCOc1ccc(NS(=O)(=O)c2cccc(F)c2)cc1. The number of nitrogens with one attached hydrogen (secondary N) is 1. The molecule has 0 aromatic heterocycles. The van der Waals surface area contributed by atoms with E-state index in [0.29, 0.717) is 24.6 Å². The zero-order valence-electron chi connectivity index (χ0n) is 11.1. The van der Waals surface area contributed by atoms with Crippen LogP contribution in [-0.2, 0) is 10.0 Å². The summed E-state index contributed by atoms with van der Waals surface area (Å²) in [6.07, 6.45) is 0. The van der Waals surface area contributed by atoms with Crippen molar-refractivity contribution >= 4 is 15.7 Å². The third-order valence-corrected chi connectivity index (χ3v) is 3.98. The Hall–Kier alpha value is -2.12. The van der Waals surface area contributed by atoms with Gasteiger partial charge in [-0.2, -0.15) is 0 Å². The summed E-state index contributed by atoms with van der Waals surface area (Å²) in [4.78, 5) is -0.133. The van der Waals surface area contributed by atoms with Gasteiger partial charge in [0.25, 0.3) is 10.0 Å². The van der Waals surface area contributed by atoms with Gasteiger partial charge in [-0.3, -0.25) is 4.72 Å². The second-order valence-corrected chi connectivity index (χ2v) is 5.91. The Labute approximate surface area is 122 Å². The third kappa shape index (κ3) is 4.17. The lowest BCUT2D eigenvalue weighted by Crippen LogP contribution is -2.13. The van der Waals surface area contributed by atoms with Gasteiger partial charge in [0, 0.05) is 12.2 Å². The Bertz CT molecular complexity index is 702. The number of ether oxygens (including phenoxy) is 1. The molecule has 0 aliphatic heterocycles. The van der Waals surface area contributed by atoms with E-state index in [2.05, 4.69) is 4.72 Å². The highest BCUT2D eigenvalue weighted by molar-refractivity contribution is 7.92. The Kier molecular flexibility index (Phi) is 4.77. The van der Waals surface area contributed by atoms with E-state index in [0.717, 1.165) is 6.07 Å². The molecule has 0 atom stereocenters. The normalized spacial score (nSPS) is 11.1. The van der Waals surface area contributed by atoms with Crippen molar-refractivity contribution in [3.63, 3.8) is 0 Å². The van der Waals surface area contributed by atoms with Crippen LogP contribution in [0, 0.1) is 5.82 Å². The van der Waals surface area contributed by atoms with Gasteiger partial charge < -0.3 is 10.5 Å². The molecule has 2 rings (SSSR count). The maximum Gasteiger partial charge on any atom is 0.261 e. The Balaban J connectivity index is 2.13. The average molecular weight is 310 g/mol. The van der Waals surface area contributed by atoms with E-state index < -0.39 is 15.8 Å². The number of rotatable bonds is 6. The lowest BCUT2D eigenvalue weighted by atomic mass is 10.3. The minimum absolute atomic E-state index is 0.133. The van der Waals surface area contributed by atoms with Crippen molar-refractivity contribution in [1.82, 2.24) is 0 Å². The van der Waals surface area contributed by atoms with E-state index in [1.807, 2.05) is 0 Å². The lowest BCUT2D eigenvalue weighted by Gasteiger charge is -2.09. The van der Waals surface area contributed by atoms with E-state index in [-0.39, 0.29) is 4.90 Å². The van der Waals surface area contributed by atoms with Crippen LogP contribution >= 0.6 is 0 Å². The first-order valence-corrected chi connectivity index (χ1v) is 7.71. The predicted molar refractivity (Wildman–Crippen MR) is 78.2 cm³/mol. The van der Waals surface area contributed by atoms with E-state index >= 15 is 0 Å². The quantitative estimate of drug-likeness (QED) is 0.854. The molecule has 2 aromatic carbocycles. The lowest BCUT2D eigenvalue weighted by molar-refractivity contribution is 0.328. The van der Waals surface area contributed by atoms with Crippen molar-refractivity contribution < 1.29 is 17.5 Å². The van der Waals surface area contributed by atoms with Crippen LogP contribution in [0.15, 0.2) is 53.4 Å². The molecule has 0 unspecified atom stereocenters. The van der Waals surface area contributed by atoms with E-state index in [1.54, 1.807) is 24.3 Å². The Morgan fingerprint density at radius 2 is 1.86 bits per heavy atom. The van der Waals surface area contributed by atoms with Crippen LogP contribution in [0.25, 0.3) is 0 Å². The summed E-state index contributed by atoms with van der Waals surface area (Å²) in [6, 6.07) is 11.2. The van der Waals surface area contributed by atoms with Crippen molar-refractivity contribution in [1.29, 1.82) is 0 Å². The van der Waals surface area contributed by atoms with Gasteiger partial charge in [0.05, 0.1) is 4.90 Å². The molecule has 7 heteroatoms. The first-order valence-electron chi connectivity index (χ1n) is 6.22. The summed E-state index contributed by atoms with van der Waals surface area (Å²) in [7, 11) is -3.82. The molecule has 3 N–H and O–H groups in total. The highest BCUT2D eigenvalue weighted by atomic mass is 32.2. The predicted octanol–water partition coefficient (Wildman–Crippen LogP) is 1.96. The topological polar surface area (TPSA) is 81.4 Å². The molecular weight excluding hydrogens is 295 g/mol. The summed E-state index contributed by atoms with van der Waals surface area (Å²) in [6.45, 7) is 0.780. The zero-order chi connectivity index (χ0) is 15.3. The number of hydrogen-bond acceptors (Lipinski definition) is 4. The smallest absolute Gasteiger partial charge is 0.261 e. The molecule has 2 aromatic rings. The van der Waals surface area contributed by atoms with Crippen molar-refractivity contribution in [3.8, 4) is 5.75 Å². The summed E-state index contributed by atoms with van der Waals surface area (Å²) in [5.41, 5.74) is 5.68. The fourth-order valence-corrected chi connectivity index (χ4v) is 2.73. The van der Waals surface area contributed by atoms with Crippen LogP contribution in [0.4, 0.5) is 10.1 Å². The van der Waals surface area contributed by atoms with Crippen LogP contribution < -0.4 is 15.2 Å². The molecule has 0 saturated heterocycles. The molecule has 0 aliphatic carbocycles. The van der Waals surface area contributed by atoms with Crippen LogP contribution in [-0.4, -0.2) is 21.6 Å². The van der Waals surface area contributed by atoms with Gasteiger partial charge >= 0.3 is 0 Å². The van der Waals surface area contributed by atoms with Crippen molar-refractivity contribution in [2.24, 2.45) is 5.73 Å². The van der Waals surface area contributed by atoms with Gasteiger partial charge in [-0.05, 0) is 42.5 Å². The number of anilines is 1. The fraction of sp³-hybridized carbons (Fsp3) is 0.143. The molecule has 0 fully saturated rings. The molecule has 0 spiro atoms. The van der Waals surface area contributed by atoms with Gasteiger partial charge in [-0.25, -0.2) is 12.8 Å². The molecule has 0 heterocycles. The summed E-state index contributed by atoms with van der Waals surface area (Å²) < 4.78 is 44.9. The monoisotopic (exact) mass is 310 g/mol. The van der Waals surface area contributed by atoms with Gasteiger partial charge in [0.1, 0.15) is 18.2 Å². The average Bonchev–Trinajstić information content (AvgIpc) is 2.46. The summed E-state index contributed by atoms with van der Waals surface area (Å²) >= 11 is 0. The fourth-order valence-electron chi connectivity index (χ4n) is 1.64. The Morgan fingerprint density at radius 3 is 2.48 bits per heavy atom. The molecule has 0 saturated carbocycles. The number of sulfonamides is 1. The number of benzene rings is 2. The van der Waals surface area contributed by atoms with Gasteiger partial charge in [-0.1, -0.05) is 6.07 Å². The standard InChI is InChI=1S/C14H15FN2O3S/c15-11-2-1-3-14(10-11)21(18,19)17-12-4-6-13(7-5-12)20-9-8-16/h1-7,10,17H,8-9,16H2. The molecular formula is C14H15FN2O3S. The molecule has 0 bridgehead atoms. The third-order valence-electron chi connectivity index (χ3n) is 2.60. The molecule has 0 radical (unpaired) electrons. The Morgan fingerprint density at radius 1 is 1.14 bits per heavy atom. The van der Waals surface area contributed by atoms with Crippen LogP contribution in [0.1, 0.15) is 0 Å². The van der Waals surface area contributed by atoms with Crippen LogP contribution in [0.3, 0.4) is 0 Å². The van der Waals surface area contributed by atoms with Crippen molar-refractivity contribution in [2.45, 2.75) is 4.90 Å². The van der Waals surface area contributed by atoms with Gasteiger partial charge in [0.2, 0.25) is 0 Å². The van der Waals surface area contributed by atoms with Crippen molar-refractivity contribution in [2.75, 3.05) is 17.9 Å². The minimum atomic E-state index is -3.82. The summed E-state index contributed by atoms with van der Waals surface area (Å²) in [5, 5.41) is 0. The minimum Gasteiger partial charge on any atom is -0.492 e. The molecule has 21 heavy (non-hydrogen) atoms. The molecule has 0 amide bonds. The maximum atomic E-state index is 13.1. The summed E-state index contributed by atoms with van der Waals surface area (Å²) in [5.74, 6) is -0.0161. The van der Waals surface area contributed by atoms with E-state index in [4.69, 9.17) is 10.5 Å². The van der Waals surface area contributed by atoms with E-state index in [9.17, 15) is 12.8 Å². The largest absolute Gasteiger partial charge is 0.492 e. The highest BCUT2D eigenvalue weighted by Gasteiger charge is 2.14. The van der Waals surface area contributed by atoms with Gasteiger partial charge in [0.15, 0.2) is 0 Å². The van der Waals surface area contributed by atoms with Crippen LogP contribution in [0.2, 0.25) is 0 Å². The number of hydrogen-bond donors (Lipinski definition) is 2.